The molecule has 6 nitrogen and oxygen atoms in total. The van der Waals surface area contributed by atoms with Crippen molar-refractivity contribution in [2.75, 3.05) is 36.1 Å². The standard InChI is InChI=1S/C9H14ClFN4O2S/c1-14-18(16,17)3-2-15-9-6(13)4-5(12)7(10)8(9)11/h4,14-15H,2-3,12-13H2,1H3. The normalized spacial score (nSPS) is 11.5. The van der Waals surface area contributed by atoms with Gasteiger partial charge in [0.05, 0.1) is 22.8 Å². The topological polar surface area (TPSA) is 110 Å². The monoisotopic (exact) mass is 296 g/mol. The van der Waals surface area contributed by atoms with Gasteiger partial charge in [0, 0.05) is 6.54 Å². The van der Waals surface area contributed by atoms with Crippen molar-refractivity contribution in [3.63, 3.8) is 0 Å². The second-order valence-electron chi connectivity index (χ2n) is 3.51. The molecular formula is C9H14ClFN4O2S. The molecule has 9 heteroatoms. The van der Waals surface area contributed by atoms with E-state index < -0.39 is 15.8 Å². The fraction of sp³-hybridized carbons (Fsp3) is 0.333. The molecule has 1 aromatic carbocycles. The highest BCUT2D eigenvalue weighted by Gasteiger charge is 2.15. The molecule has 0 saturated carbocycles. The lowest BCUT2D eigenvalue weighted by Crippen LogP contribution is -2.26. The quantitative estimate of drug-likeness (QED) is 0.595. The molecule has 1 aromatic rings. The highest BCUT2D eigenvalue weighted by Crippen LogP contribution is 2.33. The van der Waals surface area contributed by atoms with E-state index >= 15 is 0 Å². The molecule has 0 fully saturated rings. The summed E-state index contributed by atoms with van der Waals surface area (Å²) in [5.74, 6) is -1.01. The first-order chi connectivity index (χ1) is 8.28. The summed E-state index contributed by atoms with van der Waals surface area (Å²) in [4.78, 5) is 0. The third kappa shape index (κ3) is 3.37. The molecule has 0 aromatic heterocycles. The second-order valence-corrected chi connectivity index (χ2v) is 5.93. The first-order valence-corrected chi connectivity index (χ1v) is 6.99. The predicted molar refractivity (Wildman–Crippen MR) is 71.6 cm³/mol. The van der Waals surface area contributed by atoms with Crippen LogP contribution in [0.2, 0.25) is 5.02 Å². The molecule has 0 aliphatic heterocycles. The SMILES string of the molecule is CNS(=O)(=O)CCNc1c(N)cc(N)c(Cl)c1F. The van der Waals surface area contributed by atoms with Crippen LogP contribution >= 0.6 is 11.6 Å². The average Bonchev–Trinajstić information content (AvgIpc) is 2.31. The van der Waals surface area contributed by atoms with Crippen LogP contribution in [0.1, 0.15) is 0 Å². The van der Waals surface area contributed by atoms with Gasteiger partial charge >= 0.3 is 0 Å². The van der Waals surface area contributed by atoms with E-state index in [4.69, 9.17) is 23.1 Å². The van der Waals surface area contributed by atoms with Gasteiger partial charge in [0.2, 0.25) is 10.0 Å². The summed E-state index contributed by atoms with van der Waals surface area (Å²) in [6.07, 6.45) is 0. The Morgan fingerprint density at radius 2 is 2.00 bits per heavy atom. The minimum Gasteiger partial charge on any atom is -0.397 e. The van der Waals surface area contributed by atoms with Crippen LogP contribution in [0.5, 0.6) is 0 Å². The van der Waals surface area contributed by atoms with Gasteiger partial charge in [0.25, 0.3) is 0 Å². The van der Waals surface area contributed by atoms with Gasteiger partial charge in [-0.15, -0.1) is 0 Å². The van der Waals surface area contributed by atoms with Crippen LogP contribution in [0.15, 0.2) is 6.07 Å². The van der Waals surface area contributed by atoms with Gasteiger partial charge in [0.15, 0.2) is 5.82 Å². The van der Waals surface area contributed by atoms with Crippen LogP contribution in [-0.2, 0) is 10.0 Å². The molecule has 0 aliphatic rings. The van der Waals surface area contributed by atoms with Crippen LogP contribution in [0, 0.1) is 5.82 Å². The molecule has 6 N–H and O–H groups in total. The maximum Gasteiger partial charge on any atom is 0.213 e. The molecule has 0 amide bonds. The number of rotatable bonds is 5. The van der Waals surface area contributed by atoms with Gasteiger partial charge in [0.1, 0.15) is 5.02 Å². The van der Waals surface area contributed by atoms with Crippen molar-refractivity contribution in [1.82, 2.24) is 4.72 Å². The van der Waals surface area contributed by atoms with Crippen LogP contribution in [-0.4, -0.2) is 27.8 Å². The van der Waals surface area contributed by atoms with Gasteiger partial charge in [-0.3, -0.25) is 0 Å². The van der Waals surface area contributed by atoms with E-state index in [1.54, 1.807) is 0 Å². The summed E-state index contributed by atoms with van der Waals surface area (Å²) >= 11 is 5.62. The lowest BCUT2D eigenvalue weighted by molar-refractivity contribution is 0.588. The van der Waals surface area contributed by atoms with Crippen molar-refractivity contribution < 1.29 is 12.8 Å². The number of anilines is 3. The summed E-state index contributed by atoms with van der Waals surface area (Å²) in [5.41, 5.74) is 11.0. The summed E-state index contributed by atoms with van der Waals surface area (Å²) in [7, 11) is -2.07. The first-order valence-electron chi connectivity index (χ1n) is 4.96. The largest absolute Gasteiger partial charge is 0.397 e. The maximum atomic E-state index is 13.7. The second kappa shape index (κ2) is 5.59. The van der Waals surface area contributed by atoms with Crippen LogP contribution in [0.25, 0.3) is 0 Å². The van der Waals surface area contributed by atoms with Crippen LogP contribution < -0.4 is 21.5 Å². The Kier molecular flexibility index (Phi) is 4.60. The highest BCUT2D eigenvalue weighted by molar-refractivity contribution is 7.89. The van der Waals surface area contributed by atoms with Gasteiger partial charge < -0.3 is 16.8 Å². The number of sulfonamides is 1. The number of halogens is 2. The molecule has 0 heterocycles. The molecular weight excluding hydrogens is 283 g/mol. The molecule has 102 valence electrons. The van der Waals surface area contributed by atoms with Crippen LogP contribution in [0.3, 0.4) is 0 Å². The molecule has 0 spiro atoms. The predicted octanol–water partition coefficient (Wildman–Crippen LogP) is 0.605. The van der Waals surface area contributed by atoms with Gasteiger partial charge in [-0.2, -0.15) is 0 Å². The zero-order chi connectivity index (χ0) is 13.9. The van der Waals surface area contributed by atoms with E-state index in [1.165, 1.54) is 13.1 Å². The number of nitrogens with one attached hydrogen (secondary N) is 2. The zero-order valence-corrected chi connectivity index (χ0v) is 11.2. The third-order valence-electron chi connectivity index (χ3n) is 2.25. The molecule has 18 heavy (non-hydrogen) atoms. The number of nitrogens with two attached hydrogens (primary N) is 2. The molecule has 1 rings (SSSR count). The van der Waals surface area contributed by atoms with Crippen LogP contribution in [0.4, 0.5) is 21.5 Å². The third-order valence-corrected chi connectivity index (χ3v) is 4.00. The fourth-order valence-corrected chi connectivity index (χ4v) is 1.98. The lowest BCUT2D eigenvalue weighted by Gasteiger charge is -2.12. The Labute approximate surface area is 110 Å². The Bertz CT molecular complexity index is 550. The molecule has 0 unspecified atom stereocenters. The van der Waals surface area contributed by atoms with Crippen molar-refractivity contribution in [2.45, 2.75) is 0 Å². The summed E-state index contributed by atoms with van der Waals surface area (Å²) in [6, 6.07) is 1.31. The minimum atomic E-state index is -3.37. The number of nitrogen functional groups attached to an aromatic ring is 2. The van der Waals surface area contributed by atoms with Gasteiger partial charge in [-0.1, -0.05) is 11.6 Å². The molecule has 0 aliphatic carbocycles. The molecule has 0 radical (unpaired) electrons. The zero-order valence-electron chi connectivity index (χ0n) is 9.63. The molecule has 0 bridgehead atoms. The Morgan fingerprint density at radius 3 is 2.56 bits per heavy atom. The summed E-state index contributed by atoms with van der Waals surface area (Å²) < 4.78 is 38.2. The Balaban J connectivity index is 2.84. The van der Waals surface area contributed by atoms with Crippen molar-refractivity contribution >= 4 is 38.7 Å². The lowest BCUT2D eigenvalue weighted by atomic mass is 10.2. The minimum absolute atomic E-state index is 0.00938. The van der Waals surface area contributed by atoms with E-state index in [9.17, 15) is 12.8 Å². The van der Waals surface area contributed by atoms with Gasteiger partial charge in [-0.25, -0.2) is 17.5 Å². The van der Waals surface area contributed by atoms with Crippen molar-refractivity contribution in [2.24, 2.45) is 0 Å². The highest BCUT2D eigenvalue weighted by atomic mass is 35.5. The summed E-state index contributed by atoms with van der Waals surface area (Å²) in [6.45, 7) is -0.00938. The Morgan fingerprint density at radius 1 is 1.39 bits per heavy atom. The maximum absolute atomic E-state index is 13.7. The Hall–Kier alpha value is -1.25. The van der Waals surface area contributed by atoms with E-state index in [2.05, 4.69) is 10.0 Å². The van der Waals surface area contributed by atoms with E-state index in [-0.39, 0.29) is 34.4 Å². The fourth-order valence-electron chi connectivity index (χ4n) is 1.26. The number of hydrogen-bond donors (Lipinski definition) is 4. The molecule has 0 atom stereocenters. The van der Waals surface area contributed by atoms with E-state index in [1.807, 2.05) is 0 Å². The first kappa shape index (κ1) is 14.8. The smallest absolute Gasteiger partial charge is 0.213 e. The van der Waals surface area contributed by atoms with E-state index in [0.717, 1.165) is 0 Å². The van der Waals surface area contributed by atoms with Crippen molar-refractivity contribution in [3.8, 4) is 0 Å². The number of hydrogen-bond acceptors (Lipinski definition) is 5. The summed E-state index contributed by atoms with van der Waals surface area (Å²) in [5, 5.41) is 2.33. The van der Waals surface area contributed by atoms with Crippen molar-refractivity contribution in [1.29, 1.82) is 0 Å². The van der Waals surface area contributed by atoms with Gasteiger partial charge in [-0.05, 0) is 13.1 Å². The van der Waals surface area contributed by atoms with Crippen molar-refractivity contribution in [3.05, 3.63) is 16.9 Å². The number of benzene rings is 1. The average molecular weight is 297 g/mol. The molecule has 0 saturated heterocycles. The van der Waals surface area contributed by atoms with E-state index in [0.29, 0.717) is 0 Å².